The Kier molecular flexibility index (Phi) is 43.0. The van der Waals surface area contributed by atoms with Crippen LogP contribution in [0.25, 0.3) is 11.1 Å². The van der Waals surface area contributed by atoms with Crippen molar-refractivity contribution < 1.29 is 26.4 Å². The molecular weight excluding hydrogens is 1830 g/mol. The van der Waals surface area contributed by atoms with Crippen molar-refractivity contribution >= 4 is 163 Å². The highest BCUT2D eigenvalue weighted by Crippen LogP contribution is 2.47. The molecule has 28 heteroatoms. The zero-order valence-corrected chi connectivity index (χ0v) is 79.4. The lowest BCUT2D eigenvalue weighted by atomic mass is 9.75. The van der Waals surface area contributed by atoms with Crippen LogP contribution in [0.15, 0.2) is 415 Å². The summed E-state index contributed by atoms with van der Waals surface area (Å²) in [6.45, 7) is 9.70. The third-order valence-corrected chi connectivity index (χ3v) is 27.9. The fourth-order valence-corrected chi connectivity index (χ4v) is 18.6. The van der Waals surface area contributed by atoms with E-state index in [2.05, 4.69) is 64.1 Å². The number of ketones is 1. The monoisotopic (exact) mass is 1950 g/mol. The van der Waals surface area contributed by atoms with Gasteiger partial charge in [0.05, 0.1) is 9.79 Å². The quantitative estimate of drug-likeness (QED) is 0.0125. The predicted molar refractivity (Wildman–Crippen MR) is 588 cm³/mol. The number of benzene rings is 16. The number of hydrogen-bond donors (Lipinski definition) is 16. The van der Waals surface area contributed by atoms with E-state index >= 15 is 0 Å². The summed E-state index contributed by atoms with van der Waals surface area (Å²) in [6.07, 6.45) is -4.43. The van der Waals surface area contributed by atoms with Crippen molar-refractivity contribution in [3.63, 3.8) is 0 Å². The molecule has 0 fully saturated rings. The Morgan fingerprint density at radius 3 is 0.693 bits per heavy atom. The lowest BCUT2D eigenvalue weighted by Crippen LogP contribution is -2.40. The molecule has 16 rings (SSSR count). The molecule has 137 heavy (non-hydrogen) atoms. The fourth-order valence-electron chi connectivity index (χ4n) is 12.6. The van der Waals surface area contributed by atoms with Crippen molar-refractivity contribution in [2.45, 2.75) is 113 Å². The first-order valence-electron chi connectivity index (χ1n) is 41.6. The number of halogens is 3. The Bertz CT molecular complexity index is 6120. The van der Waals surface area contributed by atoms with E-state index in [4.69, 9.17) is 91.7 Å². The number of carbonyl (C=O) groups excluding carboxylic acids is 1. The van der Waals surface area contributed by atoms with Gasteiger partial charge in [0.25, 0.3) is 0 Å². The maximum absolute atomic E-state index is 13.6. The van der Waals surface area contributed by atoms with Crippen LogP contribution < -0.4 is 91.7 Å². The molecular formula is C109H123F3N16O3S6. The molecule has 0 saturated carbocycles. The molecule has 0 heterocycles. The SMILES string of the molecule is C.C.C.CC(C)(c1ccc(N)cc1)c1ccc(N)cc1.CC(c1ccc(N)cc1)(c1ccc(N)cc1)C(F)(F)F.Cc1cc(N)ccc1-c1ccc(N)cc1C.Nc1ccc(C(=O)c2ccc(N)cc2)cc1.Nc1ccc(S(=O)(=O)c2ccc(N)cc2)cc1.Nc1ccc(SCSc2ccc(N)cc2)cc1.Nc1ccc(SSc2ccc(N)cc2)cc1.Nc1ccc(Sc2ccc(N)cc2)cc1. The Hall–Kier alpha value is -14.5. The molecule has 714 valence electrons. The summed E-state index contributed by atoms with van der Waals surface area (Å²) in [5.74, 6) is -0.0278. The van der Waals surface area contributed by atoms with E-state index in [1.807, 2.05) is 194 Å². The summed E-state index contributed by atoms with van der Waals surface area (Å²) in [4.78, 5) is 19.6. The largest absolute Gasteiger partial charge is 0.402 e. The normalized spacial score (nSPS) is 10.6. The molecule has 0 aliphatic carbocycles. The van der Waals surface area contributed by atoms with Crippen molar-refractivity contribution in [3.8, 4) is 11.1 Å². The van der Waals surface area contributed by atoms with Gasteiger partial charge in [-0.2, -0.15) is 13.2 Å². The molecule has 0 spiro atoms. The third-order valence-electron chi connectivity index (χ3n) is 20.5. The van der Waals surface area contributed by atoms with Gasteiger partial charge >= 0.3 is 6.18 Å². The third kappa shape index (κ3) is 34.7. The predicted octanol–water partition coefficient (Wildman–Crippen LogP) is 26.1. The van der Waals surface area contributed by atoms with Gasteiger partial charge < -0.3 is 91.7 Å². The molecule has 0 amide bonds. The van der Waals surface area contributed by atoms with E-state index < -0.39 is 21.4 Å². The van der Waals surface area contributed by atoms with Crippen LogP contribution in [0.4, 0.5) is 104 Å². The lowest BCUT2D eigenvalue weighted by molar-refractivity contribution is -0.173. The van der Waals surface area contributed by atoms with Gasteiger partial charge in [0.2, 0.25) is 9.84 Å². The molecule has 16 aromatic rings. The van der Waals surface area contributed by atoms with Gasteiger partial charge in [0.1, 0.15) is 5.41 Å². The summed E-state index contributed by atoms with van der Waals surface area (Å²) in [5.41, 5.74) is 108. The first-order chi connectivity index (χ1) is 63.7. The first kappa shape index (κ1) is 111. The van der Waals surface area contributed by atoms with Crippen molar-refractivity contribution in [2.75, 3.05) is 96.8 Å². The average Bonchev–Trinajstić information content (AvgIpc) is 0.753. The van der Waals surface area contributed by atoms with Gasteiger partial charge in [0.15, 0.2) is 5.78 Å². The van der Waals surface area contributed by atoms with Gasteiger partial charge in [-0.05, 0) is 381 Å². The number of hydrogen-bond acceptors (Lipinski definition) is 24. The number of anilines is 16. The Morgan fingerprint density at radius 1 is 0.263 bits per heavy atom. The number of rotatable bonds is 18. The standard InChI is InChI=1S/C15H15F3N2.C15H18N2.C14H16N2.C13H12N2O.C13H14N2S2.C12H12N2O2S.C12H12N2S2.C12H12N2S.3CH4/c1-14(15(16,17)18,10-2-6-12(19)7-3-10)11-4-8-13(20)9-5-11;1-15(2,11-3-7-13(16)8-4-11)12-5-9-14(17)10-6-12;1-9-7-11(15)3-5-13(9)14-6-4-12(16)8-10(14)2;14-11-5-1-9(2-6-11)13(16)10-3-7-12(15)8-4-10;14-10-1-5-12(6-2-10)16-9-17-13-7-3-11(15)4-8-13;13-9-1-5-11(6-2-9)17(15,16)12-7-3-10(14)4-8-12;13-9-1-5-11(6-2-9)15-16-12-7-3-10(14)4-8-12;13-9-1-5-11(6-2-9)15-12-7-3-10(14)4-8-12;;;/h2-9H,19-20H2,1H3;3-10H,16-17H2,1-2H3;3-8H,15-16H2,1-2H3;1-8H,14-15H2;1-8H,9,14-15H2;1-8H,13-14H2;1-8H,13-14H2;1-8H,13-14H2;3*1H4. The molecule has 0 aliphatic heterocycles. The molecule has 0 atom stereocenters. The zero-order valence-electron chi connectivity index (χ0n) is 74.5. The first-order valence-corrected chi connectivity index (χ1v) is 48.0. The van der Waals surface area contributed by atoms with E-state index in [9.17, 15) is 26.4 Å². The van der Waals surface area contributed by atoms with Crippen LogP contribution in [-0.4, -0.2) is 25.5 Å². The number of nitrogens with two attached hydrogens (primary N) is 16. The fraction of sp³-hybridized carbons (Fsp3) is 0.110. The van der Waals surface area contributed by atoms with E-state index in [0.717, 1.165) is 68.9 Å². The minimum absolute atomic E-state index is 0. The number of nitrogen functional groups attached to an aromatic ring is 16. The summed E-state index contributed by atoms with van der Waals surface area (Å²) in [5, 5.41) is 0.980. The zero-order chi connectivity index (χ0) is 97.3. The average molecular weight is 1950 g/mol. The topological polar surface area (TPSA) is 468 Å². The number of thioether (sulfide) groups is 2. The van der Waals surface area contributed by atoms with Crippen molar-refractivity contribution in [3.05, 3.63) is 421 Å². The summed E-state index contributed by atoms with van der Waals surface area (Å²) in [6, 6.07) is 113. The Balaban J connectivity index is 0.000000240. The molecule has 0 radical (unpaired) electrons. The lowest BCUT2D eigenvalue weighted by Gasteiger charge is -2.33. The molecule has 0 aliphatic rings. The summed E-state index contributed by atoms with van der Waals surface area (Å²) < 4.78 is 65.2. The van der Waals surface area contributed by atoms with Crippen LogP contribution in [-0.2, 0) is 20.7 Å². The number of alkyl halides is 3. The van der Waals surface area contributed by atoms with Crippen LogP contribution in [0.2, 0.25) is 0 Å². The maximum Gasteiger partial charge on any atom is 0.402 e. The van der Waals surface area contributed by atoms with Crippen molar-refractivity contribution in [2.24, 2.45) is 0 Å². The van der Waals surface area contributed by atoms with Crippen LogP contribution >= 0.6 is 56.9 Å². The highest BCUT2D eigenvalue weighted by atomic mass is 33.1. The number of carbonyl (C=O) groups is 1. The maximum atomic E-state index is 13.6. The smallest absolute Gasteiger partial charge is 0.399 e. The molecule has 0 bridgehead atoms. The molecule has 0 aromatic heterocycles. The second kappa shape index (κ2) is 53.0. The molecule has 0 saturated heterocycles. The Labute approximate surface area is 825 Å². The van der Waals surface area contributed by atoms with Gasteiger partial charge in [-0.1, -0.05) is 130 Å². The molecule has 19 nitrogen and oxygen atoms in total. The summed E-state index contributed by atoms with van der Waals surface area (Å²) in [7, 11) is -0.0669. The number of aryl methyl sites for hydroxylation is 2. The molecule has 0 unspecified atom stereocenters. The van der Waals surface area contributed by atoms with Crippen molar-refractivity contribution in [1.82, 2.24) is 0 Å². The number of sulfone groups is 1. The summed E-state index contributed by atoms with van der Waals surface area (Å²) >= 11 is 5.30. The van der Waals surface area contributed by atoms with Crippen molar-refractivity contribution in [1.29, 1.82) is 0 Å². The minimum atomic E-state index is -4.43. The second-order valence-electron chi connectivity index (χ2n) is 31.2. The van der Waals surface area contributed by atoms with E-state index in [0.29, 0.717) is 45.3 Å². The van der Waals surface area contributed by atoms with E-state index in [1.165, 1.54) is 136 Å². The van der Waals surface area contributed by atoms with Gasteiger partial charge in [-0.15, -0.1) is 23.5 Å². The molecule has 16 aromatic carbocycles. The van der Waals surface area contributed by atoms with Gasteiger partial charge in [-0.3, -0.25) is 4.79 Å². The van der Waals surface area contributed by atoms with Gasteiger partial charge in [-0.25, -0.2) is 8.42 Å². The van der Waals surface area contributed by atoms with E-state index in [-0.39, 0.29) is 54.4 Å². The van der Waals surface area contributed by atoms with Gasteiger partial charge in [0, 0.05) is 142 Å². The highest BCUT2D eigenvalue weighted by Gasteiger charge is 2.53. The second-order valence-corrected chi connectivity index (χ2v) is 39.0. The minimum Gasteiger partial charge on any atom is -0.399 e. The van der Waals surface area contributed by atoms with Crippen LogP contribution in [0, 0.1) is 13.8 Å². The Morgan fingerprint density at radius 2 is 0.460 bits per heavy atom. The highest BCUT2D eigenvalue weighted by molar-refractivity contribution is 8.76. The van der Waals surface area contributed by atoms with E-state index in [1.54, 1.807) is 130 Å². The van der Waals surface area contributed by atoms with Crippen LogP contribution in [0.3, 0.4) is 0 Å². The molecule has 32 N–H and O–H groups in total. The van der Waals surface area contributed by atoms with Crippen LogP contribution in [0.5, 0.6) is 0 Å². The van der Waals surface area contributed by atoms with Crippen LogP contribution in [0.1, 0.15) is 92.4 Å².